The second-order valence-corrected chi connectivity index (χ2v) is 10.5. The monoisotopic (exact) mass is 445 g/mol. The second kappa shape index (κ2) is 6.00. The van der Waals surface area contributed by atoms with E-state index in [1.165, 1.54) is 46.3 Å². The molecule has 0 radical (unpaired) electrons. The van der Waals surface area contributed by atoms with E-state index in [4.69, 9.17) is 4.42 Å². The lowest BCUT2D eigenvalue weighted by Crippen LogP contribution is -1.91. The molecule has 0 aliphatic heterocycles. The smallest absolute Gasteiger partial charge is 0.135 e. The van der Waals surface area contributed by atoms with Gasteiger partial charge < -0.3 is 8.98 Å². The van der Waals surface area contributed by atoms with E-state index in [0.717, 1.165) is 21.9 Å². The van der Waals surface area contributed by atoms with Crippen LogP contribution < -0.4 is 0 Å². The zero-order chi connectivity index (χ0) is 20.8. The first-order valence-corrected chi connectivity index (χ1v) is 12.2. The van der Waals surface area contributed by atoms with E-state index in [9.17, 15) is 0 Å². The Bertz CT molecular complexity index is 2000. The lowest BCUT2D eigenvalue weighted by atomic mass is 10.1. The Balaban J connectivity index is 1.54. The fourth-order valence-corrected chi connectivity index (χ4v) is 7.80. The van der Waals surface area contributed by atoms with Gasteiger partial charge in [0.15, 0.2) is 0 Å². The summed E-state index contributed by atoms with van der Waals surface area (Å²) in [5.41, 5.74) is 4.29. The number of benzene rings is 4. The average Bonchev–Trinajstić information content (AvgIpc) is 3.55. The van der Waals surface area contributed by atoms with Crippen molar-refractivity contribution >= 4 is 85.2 Å². The largest absolute Gasteiger partial charge is 0.456 e. The fourth-order valence-electron chi connectivity index (χ4n) is 5.08. The highest BCUT2D eigenvalue weighted by Gasteiger charge is 2.21. The van der Waals surface area contributed by atoms with Gasteiger partial charge in [-0.05, 0) is 36.4 Å². The molecule has 4 aromatic carbocycles. The summed E-state index contributed by atoms with van der Waals surface area (Å²) >= 11 is 3.80. The van der Waals surface area contributed by atoms with Crippen LogP contribution in [-0.4, -0.2) is 4.57 Å². The highest BCUT2D eigenvalue weighted by molar-refractivity contribution is 7.44. The summed E-state index contributed by atoms with van der Waals surface area (Å²) in [4.78, 5) is 1.31. The van der Waals surface area contributed by atoms with Crippen LogP contribution in [0.3, 0.4) is 0 Å². The summed E-state index contributed by atoms with van der Waals surface area (Å²) in [7, 11) is 0. The number of fused-ring (bicyclic) bond motifs is 10. The first-order valence-electron chi connectivity index (χ1n) is 10.6. The quantitative estimate of drug-likeness (QED) is 0.246. The van der Waals surface area contributed by atoms with E-state index in [1.807, 2.05) is 34.8 Å². The van der Waals surface area contributed by atoms with Crippen LogP contribution in [0.1, 0.15) is 0 Å². The number of para-hydroxylation sites is 2. The Morgan fingerprint density at radius 3 is 2.28 bits per heavy atom. The Morgan fingerprint density at radius 1 is 0.594 bits per heavy atom. The van der Waals surface area contributed by atoms with Crippen molar-refractivity contribution in [3.05, 3.63) is 91.0 Å². The molecule has 150 valence electrons. The molecule has 32 heavy (non-hydrogen) atoms. The van der Waals surface area contributed by atoms with Crippen molar-refractivity contribution in [1.82, 2.24) is 4.57 Å². The Morgan fingerprint density at radius 2 is 1.34 bits per heavy atom. The molecule has 0 saturated carbocycles. The van der Waals surface area contributed by atoms with Crippen LogP contribution >= 0.6 is 22.7 Å². The Hall–Kier alpha value is -3.60. The van der Waals surface area contributed by atoms with Crippen molar-refractivity contribution in [1.29, 1.82) is 0 Å². The zero-order valence-corrected chi connectivity index (χ0v) is 18.5. The third-order valence-electron chi connectivity index (χ3n) is 6.45. The van der Waals surface area contributed by atoms with Gasteiger partial charge in [0.1, 0.15) is 16.0 Å². The lowest BCUT2D eigenvalue weighted by molar-refractivity contribution is 0.669. The van der Waals surface area contributed by atoms with Crippen LogP contribution in [0.15, 0.2) is 95.4 Å². The van der Waals surface area contributed by atoms with Gasteiger partial charge in [-0.25, -0.2) is 0 Å². The van der Waals surface area contributed by atoms with E-state index in [0.29, 0.717) is 0 Å². The van der Waals surface area contributed by atoms with Crippen LogP contribution in [-0.2, 0) is 0 Å². The molecule has 0 bridgehead atoms. The minimum absolute atomic E-state index is 0.931. The summed E-state index contributed by atoms with van der Waals surface area (Å²) < 4.78 is 11.3. The molecular formula is C28H15NOS2. The number of rotatable bonds is 1. The van der Waals surface area contributed by atoms with Crippen molar-refractivity contribution < 1.29 is 4.42 Å². The molecule has 4 heterocycles. The van der Waals surface area contributed by atoms with Crippen molar-refractivity contribution in [2.75, 3.05) is 0 Å². The standard InChI is InChI=1S/C28H15NOS2/c1-4-10-21-18(8-1)25-26-19-9-3-6-12-24(19)31-28(26)32-27(25)29(21)16-13-14-23-20(15-16)17-7-2-5-11-22(17)30-23/h1-15H. The summed E-state index contributed by atoms with van der Waals surface area (Å²) in [5.74, 6) is 0. The van der Waals surface area contributed by atoms with Crippen molar-refractivity contribution in [3.63, 3.8) is 0 Å². The molecule has 0 spiro atoms. The molecule has 0 N–H and O–H groups in total. The molecule has 0 fully saturated rings. The number of thiophene rings is 2. The number of hydrogen-bond acceptors (Lipinski definition) is 3. The van der Waals surface area contributed by atoms with Crippen molar-refractivity contribution in [2.45, 2.75) is 0 Å². The van der Waals surface area contributed by atoms with Crippen LogP contribution in [0.25, 0.3) is 68.2 Å². The minimum Gasteiger partial charge on any atom is -0.456 e. The predicted octanol–water partition coefficient (Wildman–Crippen LogP) is 9.11. The third-order valence-corrected chi connectivity index (χ3v) is 8.89. The van der Waals surface area contributed by atoms with Gasteiger partial charge in [0.25, 0.3) is 0 Å². The minimum atomic E-state index is 0.931. The summed E-state index contributed by atoms with van der Waals surface area (Å²) in [6.07, 6.45) is 0. The van der Waals surface area contributed by atoms with Gasteiger partial charge in [-0.3, -0.25) is 0 Å². The van der Waals surface area contributed by atoms with E-state index in [-0.39, 0.29) is 0 Å². The van der Waals surface area contributed by atoms with E-state index >= 15 is 0 Å². The highest BCUT2D eigenvalue weighted by Crippen LogP contribution is 2.48. The van der Waals surface area contributed by atoms with Gasteiger partial charge in [0, 0.05) is 42.7 Å². The molecule has 8 aromatic rings. The molecule has 0 aliphatic carbocycles. The summed E-state index contributed by atoms with van der Waals surface area (Å²) in [6.45, 7) is 0. The number of nitrogens with zero attached hydrogens (tertiary/aromatic N) is 1. The molecule has 8 rings (SSSR count). The van der Waals surface area contributed by atoms with Crippen LogP contribution in [0, 0.1) is 0 Å². The van der Waals surface area contributed by atoms with Gasteiger partial charge in [-0.2, -0.15) is 0 Å². The van der Waals surface area contributed by atoms with Crippen LogP contribution in [0.4, 0.5) is 0 Å². The maximum Gasteiger partial charge on any atom is 0.135 e. The molecule has 4 heteroatoms. The van der Waals surface area contributed by atoms with Crippen molar-refractivity contribution in [2.24, 2.45) is 0 Å². The summed E-state index contributed by atoms with van der Waals surface area (Å²) in [6, 6.07) is 32.4. The molecule has 0 amide bonds. The van der Waals surface area contributed by atoms with E-state index in [2.05, 4.69) is 83.4 Å². The molecular weight excluding hydrogens is 430 g/mol. The Labute approximate surface area is 190 Å². The molecule has 0 unspecified atom stereocenters. The first-order chi connectivity index (χ1) is 15.9. The Kier molecular flexibility index (Phi) is 3.19. The van der Waals surface area contributed by atoms with Gasteiger partial charge >= 0.3 is 0 Å². The van der Waals surface area contributed by atoms with Gasteiger partial charge in [0.05, 0.1) is 9.53 Å². The maximum absolute atomic E-state index is 6.08. The highest BCUT2D eigenvalue weighted by atomic mass is 32.2. The number of hydrogen-bond donors (Lipinski definition) is 0. The SMILES string of the molecule is c1ccc2c(c1)oc1ccc(-n3c4ccccc4c4c5c(sc6ccccc65)sc43)cc12. The average molecular weight is 446 g/mol. The normalized spacial score (nSPS) is 12.4. The lowest BCUT2D eigenvalue weighted by Gasteiger charge is -2.06. The second-order valence-electron chi connectivity index (χ2n) is 8.17. The van der Waals surface area contributed by atoms with Crippen LogP contribution in [0.5, 0.6) is 0 Å². The van der Waals surface area contributed by atoms with Gasteiger partial charge in [0.2, 0.25) is 0 Å². The van der Waals surface area contributed by atoms with Crippen molar-refractivity contribution in [3.8, 4) is 5.69 Å². The molecule has 4 aromatic heterocycles. The van der Waals surface area contributed by atoms with Crippen LogP contribution in [0.2, 0.25) is 0 Å². The predicted molar refractivity (Wildman–Crippen MR) is 139 cm³/mol. The van der Waals surface area contributed by atoms with Gasteiger partial charge in [-0.1, -0.05) is 54.6 Å². The number of furan rings is 1. The fraction of sp³-hybridized carbons (Fsp3) is 0. The number of aromatic nitrogens is 1. The molecule has 0 aliphatic rings. The topological polar surface area (TPSA) is 18.1 Å². The molecule has 2 nitrogen and oxygen atoms in total. The maximum atomic E-state index is 6.08. The summed E-state index contributed by atoms with van der Waals surface area (Å²) in [5, 5.41) is 7.76. The third kappa shape index (κ3) is 2.08. The zero-order valence-electron chi connectivity index (χ0n) is 16.8. The molecule has 0 saturated heterocycles. The van der Waals surface area contributed by atoms with E-state index < -0.39 is 0 Å². The molecule has 0 atom stereocenters. The first kappa shape index (κ1) is 17.0. The van der Waals surface area contributed by atoms with E-state index in [1.54, 1.807) is 0 Å². The van der Waals surface area contributed by atoms with Gasteiger partial charge in [-0.15, -0.1) is 22.7 Å².